The predicted octanol–water partition coefficient (Wildman–Crippen LogP) is 16.3. The SMILES string of the molecule is CCCCC/C=C\C/C=C\CCCCCCCCCCCCCC(=O)OC(CCC)CCCCCCCCCCCCCCCCCCCC(=O)O. The fourth-order valence-corrected chi connectivity index (χ4v) is 7.27. The summed E-state index contributed by atoms with van der Waals surface area (Å²) in [6, 6.07) is 0. The quantitative estimate of drug-likeness (QED) is 0.0385. The number of hydrogen-bond acceptors (Lipinski definition) is 3. The first-order valence-electron chi connectivity index (χ1n) is 23.3. The Kier molecular flexibility index (Phi) is 42.5. The molecule has 0 bridgehead atoms. The van der Waals surface area contributed by atoms with Crippen LogP contribution in [0.25, 0.3) is 0 Å². The summed E-state index contributed by atoms with van der Waals surface area (Å²) < 4.78 is 5.91. The minimum Gasteiger partial charge on any atom is -0.481 e. The van der Waals surface area contributed by atoms with E-state index in [1.807, 2.05) is 0 Å². The second kappa shape index (κ2) is 43.8. The monoisotopic (exact) mass is 731 g/mol. The highest BCUT2D eigenvalue weighted by atomic mass is 16.5. The molecule has 306 valence electrons. The molecule has 4 heteroatoms. The van der Waals surface area contributed by atoms with Gasteiger partial charge in [0.1, 0.15) is 6.10 Å². The summed E-state index contributed by atoms with van der Waals surface area (Å²) in [7, 11) is 0. The molecule has 0 aliphatic heterocycles. The van der Waals surface area contributed by atoms with Gasteiger partial charge in [0.05, 0.1) is 0 Å². The van der Waals surface area contributed by atoms with Crippen molar-refractivity contribution in [3.8, 4) is 0 Å². The first-order valence-corrected chi connectivity index (χ1v) is 23.3. The topological polar surface area (TPSA) is 63.6 Å². The second-order valence-electron chi connectivity index (χ2n) is 15.9. The molecule has 52 heavy (non-hydrogen) atoms. The number of allylic oxidation sites excluding steroid dienone is 4. The van der Waals surface area contributed by atoms with Crippen LogP contribution in [-0.2, 0) is 14.3 Å². The van der Waals surface area contributed by atoms with Crippen molar-refractivity contribution >= 4 is 11.9 Å². The molecule has 0 heterocycles. The summed E-state index contributed by atoms with van der Waals surface area (Å²) in [6.07, 6.45) is 57.2. The van der Waals surface area contributed by atoms with E-state index in [0.29, 0.717) is 12.8 Å². The van der Waals surface area contributed by atoms with E-state index in [4.69, 9.17) is 9.84 Å². The molecular weight excluding hydrogens is 641 g/mol. The highest BCUT2D eigenvalue weighted by Gasteiger charge is 2.13. The second-order valence-corrected chi connectivity index (χ2v) is 15.9. The predicted molar refractivity (Wildman–Crippen MR) is 227 cm³/mol. The van der Waals surface area contributed by atoms with Crippen LogP contribution in [0.15, 0.2) is 24.3 Å². The lowest BCUT2D eigenvalue weighted by Crippen LogP contribution is -2.18. The van der Waals surface area contributed by atoms with E-state index < -0.39 is 5.97 Å². The van der Waals surface area contributed by atoms with Gasteiger partial charge in [-0.2, -0.15) is 0 Å². The molecule has 0 aliphatic rings. The van der Waals surface area contributed by atoms with Gasteiger partial charge in [0.15, 0.2) is 0 Å². The van der Waals surface area contributed by atoms with Crippen LogP contribution >= 0.6 is 0 Å². The van der Waals surface area contributed by atoms with Gasteiger partial charge in [-0.1, -0.05) is 212 Å². The van der Waals surface area contributed by atoms with Crippen molar-refractivity contribution < 1.29 is 19.4 Å². The largest absolute Gasteiger partial charge is 0.481 e. The van der Waals surface area contributed by atoms with Crippen LogP contribution in [0.1, 0.15) is 264 Å². The van der Waals surface area contributed by atoms with Crippen LogP contribution < -0.4 is 0 Å². The van der Waals surface area contributed by atoms with Crippen molar-refractivity contribution in [2.75, 3.05) is 0 Å². The van der Waals surface area contributed by atoms with E-state index in [9.17, 15) is 9.59 Å². The van der Waals surface area contributed by atoms with E-state index >= 15 is 0 Å². The Morgan fingerprint density at radius 3 is 1.19 bits per heavy atom. The number of rotatable bonds is 43. The third kappa shape index (κ3) is 42.8. The lowest BCUT2D eigenvalue weighted by molar-refractivity contribution is -0.150. The van der Waals surface area contributed by atoms with Crippen molar-refractivity contribution in [3.63, 3.8) is 0 Å². The zero-order valence-electron chi connectivity index (χ0n) is 35.1. The first kappa shape index (κ1) is 50.4. The van der Waals surface area contributed by atoms with E-state index in [-0.39, 0.29) is 12.1 Å². The molecule has 0 aromatic rings. The number of hydrogen-bond donors (Lipinski definition) is 1. The number of unbranched alkanes of at least 4 members (excludes halogenated alkanes) is 30. The smallest absolute Gasteiger partial charge is 0.306 e. The Morgan fingerprint density at radius 2 is 0.788 bits per heavy atom. The Bertz CT molecular complexity index is 787. The number of carboxylic acid groups (broad SMARTS) is 1. The van der Waals surface area contributed by atoms with Gasteiger partial charge >= 0.3 is 11.9 Å². The van der Waals surface area contributed by atoms with Gasteiger partial charge in [-0.15, -0.1) is 0 Å². The maximum atomic E-state index is 12.5. The Balaban J connectivity index is 3.48. The molecule has 0 aliphatic carbocycles. The summed E-state index contributed by atoms with van der Waals surface area (Å²) in [6.45, 7) is 4.46. The van der Waals surface area contributed by atoms with Crippen molar-refractivity contribution in [2.45, 2.75) is 270 Å². The third-order valence-corrected chi connectivity index (χ3v) is 10.7. The molecular formula is C48H90O4. The average molecular weight is 731 g/mol. The Morgan fingerprint density at radius 1 is 0.423 bits per heavy atom. The number of carbonyl (C=O) groups excluding carboxylic acids is 1. The molecule has 1 atom stereocenters. The molecule has 0 aromatic heterocycles. The van der Waals surface area contributed by atoms with Gasteiger partial charge in [0.2, 0.25) is 0 Å². The highest BCUT2D eigenvalue weighted by molar-refractivity contribution is 5.69. The summed E-state index contributed by atoms with van der Waals surface area (Å²) >= 11 is 0. The number of carbonyl (C=O) groups is 2. The van der Waals surface area contributed by atoms with Gasteiger partial charge in [-0.25, -0.2) is 0 Å². The van der Waals surface area contributed by atoms with Gasteiger partial charge in [-0.05, 0) is 64.2 Å². The van der Waals surface area contributed by atoms with Crippen LogP contribution in [0.3, 0.4) is 0 Å². The molecule has 1 unspecified atom stereocenters. The van der Waals surface area contributed by atoms with E-state index in [2.05, 4.69) is 38.2 Å². The van der Waals surface area contributed by atoms with Crippen LogP contribution in [0.2, 0.25) is 0 Å². The third-order valence-electron chi connectivity index (χ3n) is 10.7. The molecule has 0 spiro atoms. The Labute approximate surface area is 325 Å². The Hall–Kier alpha value is -1.58. The summed E-state index contributed by atoms with van der Waals surface area (Å²) in [5.41, 5.74) is 0. The molecule has 0 saturated carbocycles. The van der Waals surface area contributed by atoms with Gasteiger partial charge in [0, 0.05) is 12.8 Å². The average Bonchev–Trinajstić information content (AvgIpc) is 3.13. The molecule has 4 nitrogen and oxygen atoms in total. The van der Waals surface area contributed by atoms with Crippen LogP contribution in [0, 0.1) is 0 Å². The lowest BCUT2D eigenvalue weighted by Gasteiger charge is -2.17. The van der Waals surface area contributed by atoms with E-state index in [1.54, 1.807) is 0 Å². The summed E-state index contributed by atoms with van der Waals surface area (Å²) in [5, 5.41) is 8.67. The normalized spacial score (nSPS) is 12.3. The molecule has 0 radical (unpaired) electrons. The van der Waals surface area contributed by atoms with Gasteiger partial charge in [-0.3, -0.25) is 9.59 Å². The van der Waals surface area contributed by atoms with Crippen LogP contribution in [-0.4, -0.2) is 23.1 Å². The summed E-state index contributed by atoms with van der Waals surface area (Å²) in [5.74, 6) is -0.625. The zero-order chi connectivity index (χ0) is 37.8. The zero-order valence-corrected chi connectivity index (χ0v) is 35.1. The van der Waals surface area contributed by atoms with Crippen molar-refractivity contribution in [1.29, 1.82) is 0 Å². The number of carboxylic acids is 1. The molecule has 1 N–H and O–H groups in total. The van der Waals surface area contributed by atoms with Crippen molar-refractivity contribution in [3.05, 3.63) is 24.3 Å². The van der Waals surface area contributed by atoms with Crippen LogP contribution in [0.5, 0.6) is 0 Å². The number of ether oxygens (including phenoxy) is 1. The summed E-state index contributed by atoms with van der Waals surface area (Å²) in [4.78, 5) is 23.0. The fourth-order valence-electron chi connectivity index (χ4n) is 7.27. The van der Waals surface area contributed by atoms with Gasteiger partial charge in [0.25, 0.3) is 0 Å². The van der Waals surface area contributed by atoms with E-state index in [1.165, 1.54) is 186 Å². The minimum absolute atomic E-state index is 0.0357. The molecule has 0 fully saturated rings. The number of aliphatic carboxylic acids is 1. The maximum Gasteiger partial charge on any atom is 0.306 e. The number of esters is 1. The molecule has 0 rings (SSSR count). The van der Waals surface area contributed by atoms with E-state index in [0.717, 1.165) is 51.4 Å². The van der Waals surface area contributed by atoms with Gasteiger partial charge < -0.3 is 9.84 Å². The lowest BCUT2D eigenvalue weighted by atomic mass is 10.0. The highest BCUT2D eigenvalue weighted by Crippen LogP contribution is 2.18. The minimum atomic E-state index is -0.661. The van der Waals surface area contributed by atoms with Crippen molar-refractivity contribution in [1.82, 2.24) is 0 Å². The molecule has 0 aromatic carbocycles. The maximum absolute atomic E-state index is 12.5. The van der Waals surface area contributed by atoms with Crippen molar-refractivity contribution in [2.24, 2.45) is 0 Å². The first-order chi connectivity index (χ1) is 25.6. The standard InChI is InChI=1S/C48H90O4/c1-3-5-6-7-8-9-10-11-12-13-14-15-16-20-23-26-29-32-35-38-41-45-48(51)52-46(42-4-2)43-39-36-33-30-27-24-21-18-17-19-22-25-28-31-34-37-40-44-47(49)50/h8-9,11-12,46H,3-7,10,13-45H2,1-2H3,(H,49,50)/b9-8-,12-11-. The molecule has 0 amide bonds. The van der Waals surface area contributed by atoms with Crippen LogP contribution in [0.4, 0.5) is 0 Å². The fraction of sp³-hybridized carbons (Fsp3) is 0.875. The molecule has 0 saturated heterocycles.